The van der Waals surface area contributed by atoms with E-state index in [-0.39, 0.29) is 23.5 Å². The maximum Gasteiger partial charge on any atom is 0.297 e. The zero-order valence-electron chi connectivity index (χ0n) is 16.0. The van der Waals surface area contributed by atoms with E-state index in [9.17, 15) is 13.6 Å². The molecule has 0 aliphatic heterocycles. The Balaban J connectivity index is 2.20. The third kappa shape index (κ3) is 5.14. The molecule has 2 rings (SSSR count). The van der Waals surface area contributed by atoms with Gasteiger partial charge >= 0.3 is 0 Å². The summed E-state index contributed by atoms with van der Waals surface area (Å²) in [4.78, 5) is 22.2. The smallest absolute Gasteiger partial charge is 0.297 e. The number of nitrogens with zero attached hydrogens (tertiary/aromatic N) is 3. The van der Waals surface area contributed by atoms with Crippen molar-refractivity contribution in [3.05, 3.63) is 52.6 Å². The summed E-state index contributed by atoms with van der Waals surface area (Å²) >= 11 is 6.21. The molecule has 0 fully saturated rings. The third-order valence-corrected chi connectivity index (χ3v) is 4.80. The maximum absolute atomic E-state index is 12.7. The van der Waals surface area contributed by atoms with Crippen LogP contribution in [0.4, 0.5) is 8.78 Å². The normalized spacial score (nSPS) is 12.3. The summed E-state index contributed by atoms with van der Waals surface area (Å²) in [5.74, 6) is -0.467. The fourth-order valence-corrected chi connectivity index (χ4v) is 3.17. The number of nitrogens with one attached hydrogen (secondary N) is 1. The van der Waals surface area contributed by atoms with Crippen LogP contribution in [0.25, 0.3) is 0 Å². The highest BCUT2D eigenvalue weighted by Gasteiger charge is 2.22. The van der Waals surface area contributed by atoms with Crippen LogP contribution in [0.15, 0.2) is 30.6 Å². The molecule has 0 spiro atoms. The molecule has 1 amide bonds. The average molecular weight is 413 g/mol. The van der Waals surface area contributed by atoms with E-state index < -0.39 is 12.2 Å². The molecular formula is C19H23ClF2N4O2. The molecule has 1 N–H and O–H groups in total. The molecule has 0 saturated heterocycles. The van der Waals surface area contributed by atoms with Gasteiger partial charge < -0.3 is 10.1 Å². The topological polar surface area (TPSA) is 67.4 Å². The number of methoxy groups -OCH3 is 1. The standard InChI is InChI=1S/C19H23ClF2N4O2/c1-4-26(5-2)14(12-9-23-18(17(21)22)24-10-12)11-25-19(27)13-7-6-8-15(28-3)16(13)20/h6-10,14,17H,4-5,11H2,1-3H3,(H,25,27). The zero-order valence-corrected chi connectivity index (χ0v) is 16.7. The predicted octanol–water partition coefficient (Wildman–Crippen LogP) is 3.89. The van der Waals surface area contributed by atoms with E-state index in [1.165, 1.54) is 19.5 Å². The van der Waals surface area contributed by atoms with Crippen LogP contribution >= 0.6 is 11.6 Å². The summed E-state index contributed by atoms with van der Waals surface area (Å²) in [6.07, 6.45) is 0.0282. The molecule has 2 aromatic rings. The fraction of sp³-hybridized carbons (Fsp3) is 0.421. The molecule has 1 heterocycles. The van der Waals surface area contributed by atoms with E-state index in [4.69, 9.17) is 16.3 Å². The first-order valence-electron chi connectivity index (χ1n) is 8.87. The lowest BCUT2D eigenvalue weighted by Crippen LogP contribution is -2.38. The highest BCUT2D eigenvalue weighted by molar-refractivity contribution is 6.35. The molecule has 6 nitrogen and oxygen atoms in total. The molecule has 1 aromatic carbocycles. The van der Waals surface area contributed by atoms with Crippen molar-refractivity contribution in [3.63, 3.8) is 0 Å². The second-order valence-electron chi connectivity index (χ2n) is 5.94. The Kier molecular flexibility index (Phi) is 8.07. The molecule has 0 saturated carbocycles. The number of likely N-dealkylation sites (N-methyl/N-ethyl adjacent to an activating group) is 1. The van der Waals surface area contributed by atoms with Crippen molar-refractivity contribution in [1.82, 2.24) is 20.2 Å². The number of halogens is 3. The van der Waals surface area contributed by atoms with E-state index in [2.05, 4.69) is 20.2 Å². The van der Waals surface area contributed by atoms with Crippen molar-refractivity contribution in [2.75, 3.05) is 26.7 Å². The van der Waals surface area contributed by atoms with Crippen molar-refractivity contribution in [2.45, 2.75) is 26.3 Å². The first kappa shape index (κ1) is 22.0. The van der Waals surface area contributed by atoms with Gasteiger partial charge in [0.1, 0.15) is 5.75 Å². The lowest BCUT2D eigenvalue weighted by atomic mass is 10.1. The van der Waals surface area contributed by atoms with Crippen LogP contribution in [0, 0.1) is 0 Å². The second-order valence-corrected chi connectivity index (χ2v) is 6.32. The van der Waals surface area contributed by atoms with Crippen LogP contribution in [-0.2, 0) is 0 Å². The Labute approximate surface area is 167 Å². The van der Waals surface area contributed by atoms with Gasteiger partial charge in [-0.15, -0.1) is 0 Å². The highest BCUT2D eigenvalue weighted by atomic mass is 35.5. The van der Waals surface area contributed by atoms with Crippen molar-refractivity contribution >= 4 is 17.5 Å². The van der Waals surface area contributed by atoms with E-state index >= 15 is 0 Å². The minimum Gasteiger partial charge on any atom is -0.495 e. The van der Waals surface area contributed by atoms with E-state index in [0.29, 0.717) is 30.0 Å². The summed E-state index contributed by atoms with van der Waals surface area (Å²) in [6, 6.07) is 4.68. The summed E-state index contributed by atoms with van der Waals surface area (Å²) in [7, 11) is 1.47. The number of carbonyl (C=O) groups excluding carboxylic acids is 1. The van der Waals surface area contributed by atoms with E-state index in [0.717, 1.165) is 0 Å². The number of hydrogen-bond donors (Lipinski definition) is 1. The average Bonchev–Trinajstić information content (AvgIpc) is 2.71. The van der Waals surface area contributed by atoms with Crippen molar-refractivity contribution in [1.29, 1.82) is 0 Å². The summed E-state index contributed by atoms with van der Waals surface area (Å²) in [5, 5.41) is 3.08. The van der Waals surface area contributed by atoms with Gasteiger partial charge in [0, 0.05) is 24.5 Å². The number of benzene rings is 1. The number of hydrogen-bond acceptors (Lipinski definition) is 5. The number of carbonyl (C=O) groups is 1. The molecule has 0 aliphatic carbocycles. The highest BCUT2D eigenvalue weighted by Crippen LogP contribution is 2.28. The third-order valence-electron chi connectivity index (χ3n) is 4.41. The maximum atomic E-state index is 12.7. The van der Waals surface area contributed by atoms with Gasteiger partial charge in [0.05, 0.1) is 23.7 Å². The number of rotatable bonds is 9. The van der Waals surface area contributed by atoms with Crippen LogP contribution in [0.2, 0.25) is 5.02 Å². The van der Waals surface area contributed by atoms with Crippen LogP contribution in [0.1, 0.15) is 48.1 Å². The molecule has 9 heteroatoms. The van der Waals surface area contributed by atoms with Crippen LogP contribution < -0.4 is 10.1 Å². The lowest BCUT2D eigenvalue weighted by molar-refractivity contribution is 0.0934. The Morgan fingerprint density at radius 1 is 1.25 bits per heavy atom. The monoisotopic (exact) mass is 412 g/mol. The lowest BCUT2D eigenvalue weighted by Gasteiger charge is -2.30. The molecule has 0 bridgehead atoms. The molecule has 1 atom stereocenters. The first-order valence-corrected chi connectivity index (χ1v) is 9.25. The van der Waals surface area contributed by atoms with Gasteiger partial charge in [0.15, 0.2) is 5.82 Å². The molecule has 152 valence electrons. The van der Waals surface area contributed by atoms with Gasteiger partial charge in [-0.2, -0.15) is 0 Å². The second kappa shape index (κ2) is 10.3. The number of aromatic nitrogens is 2. The molecule has 1 unspecified atom stereocenters. The number of amides is 1. The SMILES string of the molecule is CCN(CC)C(CNC(=O)c1cccc(OC)c1Cl)c1cnc(C(F)F)nc1. The number of alkyl halides is 2. The molecule has 1 aromatic heterocycles. The zero-order chi connectivity index (χ0) is 20.7. The quantitative estimate of drug-likeness (QED) is 0.676. The minimum absolute atomic E-state index is 0.228. The van der Waals surface area contributed by atoms with Crippen molar-refractivity contribution in [3.8, 4) is 5.75 Å². The fourth-order valence-electron chi connectivity index (χ4n) is 2.88. The molecule has 0 aliphatic rings. The number of ether oxygens (including phenoxy) is 1. The largest absolute Gasteiger partial charge is 0.495 e. The Bertz CT molecular complexity index is 786. The van der Waals surface area contributed by atoms with Crippen LogP contribution in [0.3, 0.4) is 0 Å². The molecule has 28 heavy (non-hydrogen) atoms. The van der Waals surface area contributed by atoms with Gasteiger partial charge in [0.25, 0.3) is 12.3 Å². The van der Waals surface area contributed by atoms with Gasteiger partial charge in [0.2, 0.25) is 0 Å². The Morgan fingerprint density at radius 2 is 1.89 bits per heavy atom. The van der Waals surface area contributed by atoms with Crippen LogP contribution in [-0.4, -0.2) is 47.5 Å². The van der Waals surface area contributed by atoms with Gasteiger partial charge in [-0.3, -0.25) is 9.69 Å². The molecule has 0 radical (unpaired) electrons. The molecular weight excluding hydrogens is 390 g/mol. The first-order chi connectivity index (χ1) is 13.4. The summed E-state index contributed by atoms with van der Waals surface area (Å²) < 4.78 is 30.6. The predicted molar refractivity (Wildman–Crippen MR) is 103 cm³/mol. The summed E-state index contributed by atoms with van der Waals surface area (Å²) in [6.45, 7) is 5.60. The van der Waals surface area contributed by atoms with Gasteiger partial charge in [-0.05, 0) is 25.2 Å². The Hall–Kier alpha value is -2.32. The van der Waals surface area contributed by atoms with Gasteiger partial charge in [-0.25, -0.2) is 18.7 Å². The van der Waals surface area contributed by atoms with Gasteiger partial charge in [-0.1, -0.05) is 31.5 Å². The van der Waals surface area contributed by atoms with Crippen molar-refractivity contribution in [2.24, 2.45) is 0 Å². The Morgan fingerprint density at radius 3 is 2.43 bits per heavy atom. The minimum atomic E-state index is -2.73. The van der Waals surface area contributed by atoms with Crippen LogP contribution in [0.5, 0.6) is 5.75 Å². The summed E-state index contributed by atoms with van der Waals surface area (Å²) in [5.41, 5.74) is 0.939. The van der Waals surface area contributed by atoms with Crippen molar-refractivity contribution < 1.29 is 18.3 Å². The van der Waals surface area contributed by atoms with E-state index in [1.807, 2.05) is 13.8 Å². The van der Waals surface area contributed by atoms with E-state index in [1.54, 1.807) is 18.2 Å².